The Morgan fingerprint density at radius 1 is 0.800 bits per heavy atom. The largest absolute Gasteiger partial charge is 0.494 e. The molecule has 0 heterocycles. The zero-order chi connectivity index (χ0) is 24.9. The summed E-state index contributed by atoms with van der Waals surface area (Å²) in [5, 5.41) is 0. The van der Waals surface area contributed by atoms with Crippen LogP contribution in [0.3, 0.4) is 0 Å². The fraction of sp³-hybridized carbons (Fsp3) is 0.562. The molecule has 35 heavy (non-hydrogen) atoms. The number of hydrogen-bond acceptors (Lipinski definition) is 3. The van der Waals surface area contributed by atoms with E-state index >= 15 is 0 Å². The summed E-state index contributed by atoms with van der Waals surface area (Å²) in [4.78, 5) is 25.6. The minimum absolute atomic E-state index is 0.0914. The van der Waals surface area contributed by atoms with Gasteiger partial charge in [0.25, 0.3) is 0 Å². The van der Waals surface area contributed by atoms with Gasteiger partial charge in [-0.05, 0) is 54.0 Å². The van der Waals surface area contributed by atoms with Gasteiger partial charge >= 0.3 is 0 Å². The first-order valence-electron chi connectivity index (χ1n) is 14.0. The average Bonchev–Trinajstić information content (AvgIpc) is 2.87. The molecule has 1 aliphatic carbocycles. The van der Waals surface area contributed by atoms with Gasteiger partial charge in [0.1, 0.15) is 17.3 Å². The predicted octanol–water partition coefficient (Wildman–Crippen LogP) is 8.38. The average molecular weight is 477 g/mol. The minimum Gasteiger partial charge on any atom is -0.494 e. The van der Waals surface area contributed by atoms with Crippen LogP contribution in [0.4, 0.5) is 0 Å². The normalized spacial score (nSPS) is 17.9. The van der Waals surface area contributed by atoms with Crippen molar-refractivity contribution in [2.75, 3.05) is 6.61 Å². The van der Waals surface area contributed by atoms with Gasteiger partial charge in [-0.25, -0.2) is 0 Å². The van der Waals surface area contributed by atoms with Crippen LogP contribution < -0.4 is 4.74 Å². The van der Waals surface area contributed by atoms with Crippen LogP contribution in [0.5, 0.6) is 5.75 Å². The van der Waals surface area contributed by atoms with Crippen molar-refractivity contribution >= 4 is 11.6 Å². The van der Waals surface area contributed by atoms with Crippen LogP contribution in [0, 0.1) is 11.8 Å². The molecule has 0 amide bonds. The van der Waals surface area contributed by atoms with E-state index in [2.05, 4.69) is 38.1 Å². The molecule has 2 atom stereocenters. The van der Waals surface area contributed by atoms with Gasteiger partial charge in [-0.1, -0.05) is 102 Å². The third kappa shape index (κ3) is 8.94. The number of benzene rings is 2. The number of Topliss-reactive ketones (excluding diaryl/α,β-unsaturated/α-hetero) is 2. The monoisotopic (exact) mass is 476 g/mol. The first kappa shape index (κ1) is 27.2. The predicted molar refractivity (Wildman–Crippen MR) is 145 cm³/mol. The minimum atomic E-state index is -0.393. The maximum Gasteiger partial charge on any atom is 0.147 e. The molecule has 190 valence electrons. The molecule has 0 bridgehead atoms. The van der Waals surface area contributed by atoms with Crippen LogP contribution in [0.25, 0.3) is 11.1 Å². The van der Waals surface area contributed by atoms with E-state index in [0.29, 0.717) is 18.8 Å². The molecular weight excluding hydrogens is 432 g/mol. The number of hydrogen-bond donors (Lipinski definition) is 0. The van der Waals surface area contributed by atoms with Crippen molar-refractivity contribution in [2.45, 2.75) is 97.3 Å². The molecule has 1 saturated carbocycles. The topological polar surface area (TPSA) is 43.4 Å². The SMILES string of the molecule is CCCCCCCC1CCC(C(=O)Cc2ccc(-c3ccc(OCCCCC)cc3)cc2)C(=O)C1. The van der Waals surface area contributed by atoms with Crippen LogP contribution in [-0.4, -0.2) is 18.2 Å². The molecule has 0 radical (unpaired) electrons. The van der Waals surface area contributed by atoms with Crippen LogP contribution in [0.2, 0.25) is 0 Å². The lowest BCUT2D eigenvalue weighted by molar-refractivity contribution is -0.135. The van der Waals surface area contributed by atoms with Gasteiger partial charge in [0.2, 0.25) is 0 Å². The first-order chi connectivity index (χ1) is 17.1. The Labute approximate surface area is 212 Å². The molecule has 1 aliphatic rings. The second-order valence-electron chi connectivity index (χ2n) is 10.3. The van der Waals surface area contributed by atoms with Gasteiger partial charge in [-0.15, -0.1) is 0 Å². The highest BCUT2D eigenvalue weighted by Gasteiger charge is 2.32. The van der Waals surface area contributed by atoms with Crippen molar-refractivity contribution in [3.63, 3.8) is 0 Å². The maximum absolute atomic E-state index is 12.9. The number of rotatable bonds is 15. The number of ether oxygens (including phenoxy) is 1. The van der Waals surface area contributed by atoms with Crippen LogP contribution in [0.15, 0.2) is 48.5 Å². The number of ketones is 2. The van der Waals surface area contributed by atoms with E-state index in [9.17, 15) is 9.59 Å². The summed E-state index contributed by atoms with van der Waals surface area (Å²) in [6, 6.07) is 16.4. The highest BCUT2D eigenvalue weighted by molar-refractivity contribution is 6.03. The van der Waals surface area contributed by atoms with Crippen molar-refractivity contribution in [1.29, 1.82) is 0 Å². The lowest BCUT2D eigenvalue weighted by Crippen LogP contribution is -2.32. The Morgan fingerprint density at radius 3 is 2.09 bits per heavy atom. The summed E-state index contributed by atoms with van der Waals surface area (Å²) in [6.07, 6.45) is 13.7. The Hall–Kier alpha value is -2.42. The Morgan fingerprint density at radius 2 is 1.43 bits per heavy atom. The zero-order valence-electron chi connectivity index (χ0n) is 21.9. The Balaban J connectivity index is 1.44. The standard InChI is InChI=1S/C32H44O3/c1-3-5-7-8-9-11-25-14-21-30(31(33)23-25)32(34)24-26-12-15-27(16-13-26)28-17-19-29(20-18-28)35-22-10-6-4-2/h12-13,15-20,25,30H,3-11,14,21-24H2,1-2H3. The van der Waals surface area contributed by atoms with Gasteiger partial charge in [-0.2, -0.15) is 0 Å². The summed E-state index contributed by atoms with van der Waals surface area (Å²) >= 11 is 0. The smallest absolute Gasteiger partial charge is 0.147 e. The summed E-state index contributed by atoms with van der Waals surface area (Å²) in [6.45, 7) is 5.19. The molecular formula is C32H44O3. The molecule has 2 unspecified atom stereocenters. The maximum atomic E-state index is 12.9. The van der Waals surface area contributed by atoms with Crippen molar-refractivity contribution in [3.05, 3.63) is 54.1 Å². The van der Waals surface area contributed by atoms with E-state index in [4.69, 9.17) is 4.74 Å². The van der Waals surface area contributed by atoms with E-state index < -0.39 is 5.92 Å². The van der Waals surface area contributed by atoms with E-state index in [-0.39, 0.29) is 11.6 Å². The van der Waals surface area contributed by atoms with Gasteiger partial charge in [0.15, 0.2) is 0 Å². The van der Waals surface area contributed by atoms with Gasteiger partial charge < -0.3 is 4.74 Å². The fourth-order valence-electron chi connectivity index (χ4n) is 5.14. The summed E-state index contributed by atoms with van der Waals surface area (Å²) in [5.41, 5.74) is 3.24. The molecule has 3 heteroatoms. The van der Waals surface area contributed by atoms with Crippen LogP contribution in [-0.2, 0) is 16.0 Å². The summed E-state index contributed by atoms with van der Waals surface area (Å²) in [7, 11) is 0. The van der Waals surface area contributed by atoms with Crippen LogP contribution >= 0.6 is 0 Å². The van der Waals surface area contributed by atoms with E-state index in [1.54, 1.807) is 0 Å². The molecule has 1 fully saturated rings. The van der Waals surface area contributed by atoms with E-state index in [1.807, 2.05) is 24.3 Å². The van der Waals surface area contributed by atoms with Crippen molar-refractivity contribution in [3.8, 4) is 16.9 Å². The van der Waals surface area contributed by atoms with E-state index in [1.165, 1.54) is 44.9 Å². The molecule has 0 aliphatic heterocycles. The second-order valence-corrected chi connectivity index (χ2v) is 10.3. The number of unbranched alkanes of at least 4 members (excludes halogenated alkanes) is 6. The van der Waals surface area contributed by atoms with Crippen molar-refractivity contribution in [1.82, 2.24) is 0 Å². The third-order valence-corrected chi connectivity index (χ3v) is 7.38. The molecule has 0 saturated heterocycles. The van der Waals surface area contributed by atoms with Crippen LogP contribution in [0.1, 0.15) is 96.5 Å². The highest BCUT2D eigenvalue weighted by atomic mass is 16.5. The van der Waals surface area contributed by atoms with E-state index in [0.717, 1.165) is 54.7 Å². The molecule has 3 rings (SSSR count). The Kier molecular flexibility index (Phi) is 11.5. The summed E-state index contributed by atoms with van der Waals surface area (Å²) < 4.78 is 5.80. The van der Waals surface area contributed by atoms with Crippen molar-refractivity contribution in [2.24, 2.45) is 11.8 Å². The number of carbonyl (C=O) groups is 2. The number of carbonyl (C=O) groups excluding carboxylic acids is 2. The Bertz CT molecular complexity index is 897. The van der Waals surface area contributed by atoms with Crippen molar-refractivity contribution < 1.29 is 14.3 Å². The fourth-order valence-corrected chi connectivity index (χ4v) is 5.14. The first-order valence-corrected chi connectivity index (χ1v) is 14.0. The quantitative estimate of drug-likeness (QED) is 0.191. The van der Waals surface area contributed by atoms with Gasteiger partial charge in [0.05, 0.1) is 12.5 Å². The molecule has 2 aromatic carbocycles. The highest BCUT2D eigenvalue weighted by Crippen LogP contribution is 2.31. The molecule has 3 nitrogen and oxygen atoms in total. The zero-order valence-corrected chi connectivity index (χ0v) is 21.9. The summed E-state index contributed by atoms with van der Waals surface area (Å²) in [5.74, 6) is 1.27. The second kappa shape index (κ2) is 14.9. The van der Waals surface area contributed by atoms with Gasteiger partial charge in [0, 0.05) is 12.8 Å². The third-order valence-electron chi connectivity index (χ3n) is 7.38. The molecule has 0 aromatic heterocycles. The van der Waals surface area contributed by atoms with Gasteiger partial charge in [-0.3, -0.25) is 9.59 Å². The lowest BCUT2D eigenvalue weighted by atomic mass is 9.76. The molecule has 0 N–H and O–H groups in total. The lowest BCUT2D eigenvalue weighted by Gasteiger charge is -2.26. The molecule has 2 aromatic rings. The molecule has 0 spiro atoms.